The van der Waals surface area contributed by atoms with Gasteiger partial charge < -0.3 is 4.90 Å². The Morgan fingerprint density at radius 2 is 2.11 bits per heavy atom. The van der Waals surface area contributed by atoms with E-state index in [-0.39, 0.29) is 4.75 Å². The first-order valence-corrected chi connectivity index (χ1v) is 9.08. The minimum Gasteiger partial charge on any atom is -0.344 e. The predicted molar refractivity (Wildman–Crippen MR) is 82.5 cm³/mol. The lowest BCUT2D eigenvalue weighted by Gasteiger charge is -2.40. The summed E-state index contributed by atoms with van der Waals surface area (Å²) >= 11 is 1.47. The van der Waals surface area contributed by atoms with Gasteiger partial charge in [0.2, 0.25) is 5.13 Å². The van der Waals surface area contributed by atoms with Gasteiger partial charge in [-0.25, -0.2) is 4.98 Å². The molecule has 1 unspecified atom stereocenters. The third-order valence-corrected chi connectivity index (χ3v) is 7.03. The van der Waals surface area contributed by atoms with E-state index in [2.05, 4.69) is 42.0 Å². The van der Waals surface area contributed by atoms with Crippen LogP contribution in [-0.4, -0.2) is 37.2 Å². The van der Waals surface area contributed by atoms with Crippen LogP contribution in [0.15, 0.2) is 0 Å². The Kier molecular flexibility index (Phi) is 4.61. The van der Waals surface area contributed by atoms with Gasteiger partial charge in [-0.2, -0.15) is 4.37 Å². The van der Waals surface area contributed by atoms with E-state index < -0.39 is 10.8 Å². The molecular weight excluding hydrogens is 278 g/mol. The lowest BCUT2D eigenvalue weighted by atomic mass is 10.0. The van der Waals surface area contributed by atoms with Crippen LogP contribution >= 0.6 is 11.5 Å². The second-order valence-corrected chi connectivity index (χ2v) is 8.15. The van der Waals surface area contributed by atoms with Crippen LogP contribution in [0.1, 0.15) is 52.3 Å². The zero-order valence-corrected chi connectivity index (χ0v) is 13.8. The standard InChI is InChI=1S/C13H23N3OS2/c1-5-13(6-2)9-16(7-8-19(13)17)12-14-11(10(3)4)15-18-12/h10H,5-9H2,1-4H3. The lowest BCUT2D eigenvalue weighted by molar-refractivity contribution is 0.495. The molecule has 1 atom stereocenters. The highest BCUT2D eigenvalue weighted by molar-refractivity contribution is 7.86. The summed E-state index contributed by atoms with van der Waals surface area (Å²) in [6.07, 6.45) is 1.92. The highest BCUT2D eigenvalue weighted by Gasteiger charge is 2.39. The molecule has 1 aliphatic heterocycles. The maximum absolute atomic E-state index is 12.3. The van der Waals surface area contributed by atoms with Gasteiger partial charge in [0, 0.05) is 47.1 Å². The molecule has 0 amide bonds. The second-order valence-electron chi connectivity index (χ2n) is 5.45. The van der Waals surface area contributed by atoms with Gasteiger partial charge >= 0.3 is 0 Å². The molecule has 0 N–H and O–H groups in total. The van der Waals surface area contributed by atoms with Gasteiger partial charge in [0.15, 0.2) is 0 Å². The summed E-state index contributed by atoms with van der Waals surface area (Å²) in [5.41, 5.74) is 0. The van der Waals surface area contributed by atoms with Crippen molar-refractivity contribution in [3.63, 3.8) is 0 Å². The van der Waals surface area contributed by atoms with Crippen molar-refractivity contribution >= 4 is 27.5 Å². The molecule has 1 aliphatic rings. The molecule has 1 aromatic heterocycles. The lowest BCUT2D eigenvalue weighted by Crippen LogP contribution is -2.53. The van der Waals surface area contributed by atoms with E-state index in [1.807, 2.05) is 0 Å². The Labute approximate surface area is 122 Å². The van der Waals surface area contributed by atoms with Crippen LogP contribution in [0.4, 0.5) is 5.13 Å². The Hall–Kier alpha value is -0.490. The summed E-state index contributed by atoms with van der Waals surface area (Å²) in [4.78, 5) is 6.90. The fraction of sp³-hybridized carbons (Fsp3) is 0.846. The monoisotopic (exact) mass is 301 g/mol. The van der Waals surface area contributed by atoms with Crippen LogP contribution in [-0.2, 0) is 10.8 Å². The van der Waals surface area contributed by atoms with Gasteiger partial charge in [0.05, 0.1) is 4.75 Å². The molecule has 6 heteroatoms. The SMILES string of the molecule is CCC1(CC)CN(c2nc(C(C)C)ns2)CCS1=O. The Morgan fingerprint density at radius 3 is 2.63 bits per heavy atom. The van der Waals surface area contributed by atoms with E-state index in [9.17, 15) is 4.21 Å². The minimum atomic E-state index is -0.718. The first kappa shape index (κ1) is 14.9. The molecule has 1 fully saturated rings. The highest BCUT2D eigenvalue weighted by Crippen LogP contribution is 2.32. The number of aromatic nitrogens is 2. The Bertz CT molecular complexity index is 454. The van der Waals surface area contributed by atoms with Crippen LogP contribution in [0, 0.1) is 0 Å². The van der Waals surface area contributed by atoms with Crippen molar-refractivity contribution in [2.75, 3.05) is 23.7 Å². The molecule has 0 radical (unpaired) electrons. The van der Waals surface area contributed by atoms with Gasteiger partial charge in [-0.3, -0.25) is 4.21 Å². The molecule has 2 heterocycles. The maximum atomic E-state index is 12.3. The van der Waals surface area contributed by atoms with Crippen LogP contribution in [0.25, 0.3) is 0 Å². The minimum absolute atomic E-state index is 0.0675. The Morgan fingerprint density at radius 1 is 1.42 bits per heavy atom. The van der Waals surface area contributed by atoms with E-state index in [0.717, 1.165) is 42.6 Å². The van der Waals surface area contributed by atoms with Crippen LogP contribution in [0.2, 0.25) is 0 Å². The number of nitrogens with zero attached hydrogens (tertiary/aromatic N) is 3. The van der Waals surface area contributed by atoms with E-state index in [0.29, 0.717) is 5.92 Å². The molecule has 1 saturated heterocycles. The van der Waals surface area contributed by atoms with Crippen molar-refractivity contribution in [2.24, 2.45) is 0 Å². The van der Waals surface area contributed by atoms with Gasteiger partial charge in [0.1, 0.15) is 5.82 Å². The van der Waals surface area contributed by atoms with Crippen molar-refractivity contribution in [3.8, 4) is 0 Å². The van der Waals surface area contributed by atoms with Crippen molar-refractivity contribution in [2.45, 2.75) is 51.2 Å². The summed E-state index contributed by atoms with van der Waals surface area (Å²) in [6, 6.07) is 0. The molecule has 0 aromatic carbocycles. The van der Waals surface area contributed by atoms with Crippen LogP contribution in [0.3, 0.4) is 0 Å². The molecule has 0 saturated carbocycles. The average molecular weight is 301 g/mol. The molecule has 0 aliphatic carbocycles. The first-order chi connectivity index (χ1) is 9.02. The van der Waals surface area contributed by atoms with E-state index >= 15 is 0 Å². The molecule has 0 spiro atoms. The summed E-state index contributed by atoms with van der Waals surface area (Å²) in [7, 11) is -0.718. The zero-order valence-electron chi connectivity index (χ0n) is 12.2. The van der Waals surface area contributed by atoms with E-state index in [1.54, 1.807) is 0 Å². The van der Waals surface area contributed by atoms with Gasteiger partial charge in [0.25, 0.3) is 0 Å². The number of hydrogen-bond acceptors (Lipinski definition) is 5. The number of hydrogen-bond donors (Lipinski definition) is 0. The quantitative estimate of drug-likeness (QED) is 0.858. The Balaban J connectivity index is 2.19. The molecule has 4 nitrogen and oxygen atoms in total. The smallest absolute Gasteiger partial charge is 0.205 e. The zero-order chi connectivity index (χ0) is 14.0. The fourth-order valence-corrected chi connectivity index (χ4v) is 5.05. The maximum Gasteiger partial charge on any atom is 0.205 e. The largest absolute Gasteiger partial charge is 0.344 e. The van der Waals surface area contributed by atoms with Gasteiger partial charge in [-0.1, -0.05) is 27.7 Å². The third-order valence-electron chi connectivity index (χ3n) is 4.02. The van der Waals surface area contributed by atoms with Crippen molar-refractivity contribution in [1.29, 1.82) is 0 Å². The molecule has 0 bridgehead atoms. The average Bonchev–Trinajstić information content (AvgIpc) is 2.89. The van der Waals surface area contributed by atoms with E-state index in [4.69, 9.17) is 0 Å². The van der Waals surface area contributed by atoms with Crippen molar-refractivity contribution in [1.82, 2.24) is 9.36 Å². The van der Waals surface area contributed by atoms with Crippen LogP contribution < -0.4 is 4.90 Å². The summed E-state index contributed by atoms with van der Waals surface area (Å²) in [5.74, 6) is 2.04. The summed E-state index contributed by atoms with van der Waals surface area (Å²) in [6.45, 7) is 10.2. The molecule has 1 aromatic rings. The predicted octanol–water partition coefficient (Wildman–Crippen LogP) is 2.79. The van der Waals surface area contributed by atoms with Crippen molar-refractivity contribution in [3.05, 3.63) is 5.82 Å². The normalized spacial score (nSPS) is 23.0. The topological polar surface area (TPSA) is 46.1 Å². The van der Waals surface area contributed by atoms with E-state index in [1.165, 1.54) is 11.5 Å². The number of anilines is 1. The number of rotatable bonds is 4. The summed E-state index contributed by atoms with van der Waals surface area (Å²) in [5, 5.41) is 0.992. The van der Waals surface area contributed by atoms with Crippen molar-refractivity contribution < 1.29 is 4.21 Å². The molecular formula is C13H23N3OS2. The first-order valence-electron chi connectivity index (χ1n) is 6.99. The summed E-state index contributed by atoms with van der Waals surface area (Å²) < 4.78 is 16.7. The fourth-order valence-electron chi connectivity index (χ4n) is 2.46. The molecule has 108 valence electrons. The second kappa shape index (κ2) is 5.87. The molecule has 19 heavy (non-hydrogen) atoms. The van der Waals surface area contributed by atoms with Gasteiger partial charge in [-0.05, 0) is 12.8 Å². The molecule has 2 rings (SSSR count). The third kappa shape index (κ3) is 2.84. The highest BCUT2D eigenvalue weighted by atomic mass is 32.2. The van der Waals surface area contributed by atoms with Crippen LogP contribution in [0.5, 0.6) is 0 Å². The van der Waals surface area contributed by atoms with Gasteiger partial charge in [-0.15, -0.1) is 0 Å².